The number of allylic oxidation sites excluding steroid dienone is 3. The van der Waals surface area contributed by atoms with E-state index in [0.29, 0.717) is 0 Å². The molecule has 1 atom stereocenters. The van der Waals surface area contributed by atoms with Crippen molar-refractivity contribution in [2.24, 2.45) is 0 Å². The smallest absolute Gasteiger partial charge is 0.224 e. The Morgan fingerprint density at radius 3 is 3.29 bits per heavy atom. The molecule has 1 unspecified atom stereocenters. The molecule has 0 amide bonds. The molecule has 0 spiro atoms. The molecule has 2 aliphatic rings. The maximum atomic E-state index is 9.62. The van der Waals surface area contributed by atoms with E-state index in [0.717, 1.165) is 37.0 Å². The van der Waals surface area contributed by atoms with Crippen LogP contribution in [0.15, 0.2) is 35.1 Å². The molecule has 0 aromatic carbocycles. The first-order chi connectivity index (χ1) is 6.83. The first kappa shape index (κ1) is 9.53. The highest BCUT2D eigenvalue weighted by molar-refractivity contribution is 5.45. The highest BCUT2D eigenvalue weighted by atomic mass is 16.6. The highest BCUT2D eigenvalue weighted by Crippen LogP contribution is 2.35. The molecule has 1 heterocycles. The van der Waals surface area contributed by atoms with Crippen molar-refractivity contribution in [1.29, 1.82) is 0 Å². The molecular weight excluding hydrogens is 176 g/mol. The maximum absolute atomic E-state index is 9.62. The van der Waals surface area contributed by atoms with E-state index >= 15 is 0 Å². The Kier molecular flexibility index (Phi) is 2.73. The zero-order valence-corrected chi connectivity index (χ0v) is 8.49. The molecule has 0 aromatic heterocycles. The molecule has 76 valence electrons. The van der Waals surface area contributed by atoms with Gasteiger partial charge in [-0.15, -0.1) is 0 Å². The topological polar surface area (TPSA) is 29.5 Å². The van der Waals surface area contributed by atoms with E-state index < -0.39 is 6.29 Å². The van der Waals surface area contributed by atoms with Crippen molar-refractivity contribution in [3.8, 4) is 0 Å². The van der Waals surface area contributed by atoms with E-state index in [9.17, 15) is 5.11 Å². The van der Waals surface area contributed by atoms with Gasteiger partial charge in [0.25, 0.3) is 0 Å². The molecule has 2 heteroatoms. The first-order valence-corrected chi connectivity index (χ1v) is 5.27. The second-order valence-corrected chi connectivity index (χ2v) is 3.70. The van der Waals surface area contributed by atoms with Crippen LogP contribution in [-0.4, -0.2) is 11.4 Å². The monoisotopic (exact) mass is 192 g/mol. The fraction of sp³-hybridized carbons (Fsp3) is 0.500. The van der Waals surface area contributed by atoms with Crippen molar-refractivity contribution in [2.45, 2.75) is 38.9 Å². The summed E-state index contributed by atoms with van der Waals surface area (Å²) in [6.45, 7) is 2.14. The average Bonchev–Trinajstić information content (AvgIpc) is 2.54. The number of aliphatic hydroxyl groups is 1. The molecule has 0 saturated heterocycles. The fourth-order valence-corrected chi connectivity index (χ4v) is 1.88. The van der Waals surface area contributed by atoms with Gasteiger partial charge in [0.15, 0.2) is 0 Å². The van der Waals surface area contributed by atoms with Crippen molar-refractivity contribution in [2.75, 3.05) is 0 Å². The maximum Gasteiger partial charge on any atom is 0.224 e. The van der Waals surface area contributed by atoms with E-state index in [4.69, 9.17) is 4.74 Å². The lowest BCUT2D eigenvalue weighted by molar-refractivity contribution is -0.0164. The minimum absolute atomic E-state index is 0.732. The Balaban J connectivity index is 2.23. The first-order valence-electron chi connectivity index (χ1n) is 5.27. The normalized spacial score (nSPS) is 28.1. The van der Waals surface area contributed by atoms with E-state index in [1.165, 1.54) is 5.57 Å². The van der Waals surface area contributed by atoms with E-state index in [1.54, 1.807) is 0 Å². The Labute approximate surface area is 84.6 Å². The SMILES string of the molecule is CCCC=C1OC(O)C2=C1CCC=C2. The van der Waals surface area contributed by atoms with Crippen molar-refractivity contribution < 1.29 is 9.84 Å². The van der Waals surface area contributed by atoms with Gasteiger partial charge in [-0.1, -0.05) is 25.5 Å². The van der Waals surface area contributed by atoms with Crippen molar-refractivity contribution >= 4 is 0 Å². The van der Waals surface area contributed by atoms with Crippen LogP contribution in [0.5, 0.6) is 0 Å². The van der Waals surface area contributed by atoms with Crippen molar-refractivity contribution in [1.82, 2.24) is 0 Å². The highest BCUT2D eigenvalue weighted by Gasteiger charge is 2.28. The summed E-state index contributed by atoms with van der Waals surface area (Å²) in [6, 6.07) is 0. The van der Waals surface area contributed by atoms with Gasteiger partial charge >= 0.3 is 0 Å². The van der Waals surface area contributed by atoms with Crippen molar-refractivity contribution in [3.05, 3.63) is 35.1 Å². The summed E-state index contributed by atoms with van der Waals surface area (Å²) >= 11 is 0. The van der Waals surface area contributed by atoms with Crippen molar-refractivity contribution in [3.63, 3.8) is 0 Å². The average molecular weight is 192 g/mol. The molecule has 1 aliphatic heterocycles. The van der Waals surface area contributed by atoms with Crippen LogP contribution in [0.3, 0.4) is 0 Å². The fourth-order valence-electron chi connectivity index (χ4n) is 1.88. The van der Waals surface area contributed by atoms with Crippen LogP contribution in [0.2, 0.25) is 0 Å². The molecular formula is C12H16O2. The Morgan fingerprint density at radius 2 is 2.50 bits per heavy atom. The number of aliphatic hydroxyl groups excluding tert-OH is 1. The van der Waals surface area contributed by atoms with E-state index in [-0.39, 0.29) is 0 Å². The molecule has 1 aliphatic carbocycles. The summed E-state index contributed by atoms with van der Waals surface area (Å²) in [7, 11) is 0. The minimum Gasteiger partial charge on any atom is -0.461 e. The zero-order chi connectivity index (χ0) is 9.97. The van der Waals surface area contributed by atoms with Crippen LogP contribution in [0.4, 0.5) is 0 Å². The lowest BCUT2D eigenvalue weighted by atomic mass is 9.97. The standard InChI is InChI=1S/C12H16O2/c1-2-3-8-11-9-6-4-5-7-10(9)12(13)14-11/h5,7-8,12-13H,2-4,6H2,1H3. The van der Waals surface area contributed by atoms with Gasteiger partial charge < -0.3 is 9.84 Å². The Morgan fingerprint density at radius 1 is 1.64 bits per heavy atom. The third-order valence-electron chi connectivity index (χ3n) is 2.63. The molecule has 0 saturated carbocycles. The molecule has 0 fully saturated rings. The molecule has 14 heavy (non-hydrogen) atoms. The molecule has 2 rings (SSSR count). The molecule has 0 aromatic rings. The zero-order valence-electron chi connectivity index (χ0n) is 8.49. The second kappa shape index (κ2) is 4.01. The van der Waals surface area contributed by atoms with Gasteiger partial charge in [-0.3, -0.25) is 0 Å². The summed E-state index contributed by atoms with van der Waals surface area (Å²) < 4.78 is 5.40. The number of ether oxygens (including phenoxy) is 1. The van der Waals surface area contributed by atoms with E-state index in [2.05, 4.69) is 19.1 Å². The molecule has 1 N–H and O–H groups in total. The lowest BCUT2D eigenvalue weighted by Crippen LogP contribution is -2.06. The van der Waals surface area contributed by atoms with E-state index in [1.807, 2.05) is 6.08 Å². The largest absolute Gasteiger partial charge is 0.461 e. The quantitative estimate of drug-likeness (QED) is 0.728. The van der Waals surface area contributed by atoms with Gasteiger partial charge in [-0.2, -0.15) is 0 Å². The van der Waals surface area contributed by atoms with Crippen LogP contribution in [0.25, 0.3) is 0 Å². The van der Waals surface area contributed by atoms with Gasteiger partial charge in [0.2, 0.25) is 6.29 Å². The lowest BCUT2D eigenvalue weighted by Gasteiger charge is -2.06. The summed E-state index contributed by atoms with van der Waals surface area (Å²) in [6.07, 6.45) is 9.61. The van der Waals surface area contributed by atoms with Crippen LogP contribution >= 0.6 is 0 Å². The Bertz CT molecular complexity index is 310. The third-order valence-corrected chi connectivity index (χ3v) is 2.63. The summed E-state index contributed by atoms with van der Waals surface area (Å²) in [4.78, 5) is 0. The number of hydrogen-bond donors (Lipinski definition) is 1. The Hall–Kier alpha value is -1.02. The van der Waals surface area contributed by atoms with Gasteiger partial charge in [0, 0.05) is 11.1 Å². The van der Waals surface area contributed by atoms with Gasteiger partial charge in [-0.25, -0.2) is 0 Å². The van der Waals surface area contributed by atoms with Gasteiger partial charge in [0.1, 0.15) is 5.76 Å². The van der Waals surface area contributed by atoms with Gasteiger partial charge in [0.05, 0.1) is 0 Å². The van der Waals surface area contributed by atoms with Gasteiger partial charge in [-0.05, 0) is 25.3 Å². The molecule has 2 nitrogen and oxygen atoms in total. The number of rotatable bonds is 2. The van der Waals surface area contributed by atoms with Crippen LogP contribution < -0.4 is 0 Å². The summed E-state index contributed by atoms with van der Waals surface area (Å²) in [5.74, 6) is 0.902. The van der Waals surface area contributed by atoms with Crippen LogP contribution in [-0.2, 0) is 4.74 Å². The summed E-state index contributed by atoms with van der Waals surface area (Å²) in [5.41, 5.74) is 2.16. The molecule has 0 radical (unpaired) electrons. The van der Waals surface area contributed by atoms with Crippen LogP contribution in [0.1, 0.15) is 32.6 Å². The summed E-state index contributed by atoms with van der Waals surface area (Å²) in [5, 5.41) is 9.62. The molecule has 0 bridgehead atoms. The predicted octanol–water partition coefficient (Wildman–Crippen LogP) is 2.67. The predicted molar refractivity (Wildman–Crippen MR) is 55.5 cm³/mol. The number of unbranched alkanes of at least 4 members (excludes halogenated alkanes) is 1. The third kappa shape index (κ3) is 1.62. The second-order valence-electron chi connectivity index (χ2n) is 3.70. The van der Waals surface area contributed by atoms with Crippen LogP contribution in [0, 0.1) is 0 Å². The number of hydrogen-bond acceptors (Lipinski definition) is 2. The minimum atomic E-state index is -0.732.